The molecule has 1 saturated carbocycles. The molecule has 3 aromatic carbocycles. The van der Waals surface area contributed by atoms with Crippen LogP contribution in [-0.4, -0.2) is 58.7 Å². The summed E-state index contributed by atoms with van der Waals surface area (Å²) in [6.45, 7) is -0.616. The Bertz CT molecular complexity index is 1490. The fraction of sp³-hybridized carbons (Fsp3) is 0.258. The van der Waals surface area contributed by atoms with Gasteiger partial charge in [0.2, 0.25) is 0 Å². The topological polar surface area (TPSA) is 138 Å². The molecule has 3 aromatic rings. The number of phenolic OH excluding ortho intramolecular Hbond substituents is 3. The molecule has 0 spiro atoms. The molecule has 2 atom stereocenters. The Hall–Kier alpha value is -4.99. The number of benzene rings is 3. The van der Waals surface area contributed by atoms with Gasteiger partial charge in [-0.15, -0.1) is 0 Å². The number of rotatable bonds is 7. The molecule has 1 aliphatic carbocycles. The normalized spacial score (nSPS) is 18.9. The molecule has 2 unspecified atom stereocenters. The number of fused-ring (bicyclic) bond motifs is 1. The van der Waals surface area contributed by atoms with E-state index in [0.29, 0.717) is 5.75 Å². The highest BCUT2D eigenvalue weighted by Crippen LogP contribution is 2.45. The number of carbonyl (C=O) groups excluding carboxylic acids is 2. The van der Waals surface area contributed by atoms with Crippen LogP contribution in [0.25, 0.3) is 6.08 Å². The summed E-state index contributed by atoms with van der Waals surface area (Å²) in [6.07, 6.45) is 4.63. The van der Waals surface area contributed by atoms with E-state index >= 15 is 0 Å². The monoisotopic (exact) mass is 558 g/mol. The number of hydrazone groups is 1. The van der Waals surface area contributed by atoms with E-state index in [4.69, 9.17) is 19.3 Å². The lowest BCUT2D eigenvalue weighted by Crippen LogP contribution is -2.34. The van der Waals surface area contributed by atoms with Crippen molar-refractivity contribution < 1.29 is 39.1 Å². The second kappa shape index (κ2) is 11.6. The molecule has 41 heavy (non-hydrogen) atoms. The van der Waals surface area contributed by atoms with Gasteiger partial charge >= 0.3 is 5.97 Å². The summed E-state index contributed by atoms with van der Waals surface area (Å²) in [5, 5.41) is 35.1. The summed E-state index contributed by atoms with van der Waals surface area (Å²) in [5.74, 6) is -2.23. The lowest BCUT2D eigenvalue weighted by Gasteiger charge is -2.29. The molecule has 1 heterocycles. The first-order valence-corrected chi connectivity index (χ1v) is 13.1. The number of carbonyl (C=O) groups is 2. The fourth-order valence-corrected chi connectivity index (χ4v) is 5.24. The molecule has 5 rings (SSSR count). The second-order valence-corrected chi connectivity index (χ2v) is 9.82. The van der Waals surface area contributed by atoms with Crippen molar-refractivity contribution in [2.75, 3.05) is 20.8 Å². The maximum atomic E-state index is 13.5. The second-order valence-electron chi connectivity index (χ2n) is 9.82. The van der Waals surface area contributed by atoms with Crippen molar-refractivity contribution in [2.24, 2.45) is 11.0 Å². The smallest absolute Gasteiger partial charge is 0.338 e. The number of ether oxygens (including phenoxy) is 3. The number of aromatic hydroxyl groups is 3. The van der Waals surface area contributed by atoms with Crippen LogP contribution in [-0.2, 0) is 9.53 Å². The molecule has 1 aliphatic heterocycles. The van der Waals surface area contributed by atoms with Gasteiger partial charge in [0.1, 0.15) is 11.5 Å². The number of esters is 1. The van der Waals surface area contributed by atoms with Gasteiger partial charge in [-0.25, -0.2) is 9.80 Å². The molecule has 212 valence electrons. The standard InChI is InChI=1S/C31H30N2O8/c1-39-22-10-6-18(7-11-22)14-20-4-3-5-24-28(20)32-33(29(24)19-8-12-23(40-2)13-9-19)27(36)17-41-31(38)21-15-25(34)30(37)26(35)16-21/h6-16,24,29,34-35,37H,3-5,17H2,1-2H3. The minimum absolute atomic E-state index is 0.0627. The average Bonchev–Trinajstić information content (AvgIpc) is 3.39. The van der Waals surface area contributed by atoms with Crippen LogP contribution in [0, 0.1) is 5.92 Å². The lowest BCUT2D eigenvalue weighted by atomic mass is 9.77. The Morgan fingerprint density at radius 2 is 1.56 bits per heavy atom. The van der Waals surface area contributed by atoms with E-state index in [1.54, 1.807) is 14.2 Å². The van der Waals surface area contributed by atoms with Crippen LogP contribution >= 0.6 is 0 Å². The van der Waals surface area contributed by atoms with Gasteiger partial charge in [-0.1, -0.05) is 24.3 Å². The summed E-state index contributed by atoms with van der Waals surface area (Å²) in [6, 6.07) is 16.7. The van der Waals surface area contributed by atoms with Crippen LogP contribution in [0.4, 0.5) is 0 Å². The molecule has 3 N–H and O–H groups in total. The number of hydrogen-bond donors (Lipinski definition) is 3. The van der Waals surface area contributed by atoms with Gasteiger partial charge in [0, 0.05) is 5.92 Å². The first-order valence-electron chi connectivity index (χ1n) is 13.1. The number of allylic oxidation sites excluding steroid dienone is 1. The van der Waals surface area contributed by atoms with Crippen molar-refractivity contribution >= 4 is 23.7 Å². The average molecular weight is 559 g/mol. The number of hydrogen-bond acceptors (Lipinski definition) is 9. The van der Waals surface area contributed by atoms with E-state index < -0.39 is 41.8 Å². The van der Waals surface area contributed by atoms with Crippen molar-refractivity contribution in [3.05, 3.63) is 82.9 Å². The SMILES string of the molecule is COc1ccc(C=C2CCCC3C2=NN(C(=O)COC(=O)c2cc(O)c(O)c(O)c2)C3c2ccc(OC)cc2)cc1. The van der Waals surface area contributed by atoms with Gasteiger partial charge in [0.25, 0.3) is 5.91 Å². The van der Waals surface area contributed by atoms with Crippen molar-refractivity contribution in [3.63, 3.8) is 0 Å². The molecule has 0 aromatic heterocycles. The van der Waals surface area contributed by atoms with Gasteiger partial charge < -0.3 is 29.5 Å². The highest BCUT2D eigenvalue weighted by molar-refractivity contribution is 6.08. The van der Waals surface area contributed by atoms with Crippen LogP contribution in [0.1, 0.15) is 46.8 Å². The van der Waals surface area contributed by atoms with Crippen LogP contribution < -0.4 is 9.47 Å². The Morgan fingerprint density at radius 3 is 2.17 bits per heavy atom. The zero-order valence-electron chi connectivity index (χ0n) is 22.6. The Morgan fingerprint density at radius 1 is 0.951 bits per heavy atom. The summed E-state index contributed by atoms with van der Waals surface area (Å²) < 4.78 is 15.8. The summed E-state index contributed by atoms with van der Waals surface area (Å²) in [4.78, 5) is 26.1. The third kappa shape index (κ3) is 5.67. The molecule has 10 nitrogen and oxygen atoms in total. The van der Waals surface area contributed by atoms with Gasteiger partial charge in [0.05, 0.1) is 31.5 Å². The zero-order valence-corrected chi connectivity index (χ0v) is 22.6. The number of phenols is 3. The van der Waals surface area contributed by atoms with E-state index in [9.17, 15) is 24.9 Å². The predicted octanol–water partition coefficient (Wildman–Crippen LogP) is 4.80. The van der Waals surface area contributed by atoms with Crippen LogP contribution in [0.5, 0.6) is 28.7 Å². The molecular formula is C31H30N2O8. The lowest BCUT2D eigenvalue weighted by molar-refractivity contribution is -0.137. The predicted molar refractivity (Wildman–Crippen MR) is 150 cm³/mol. The van der Waals surface area contributed by atoms with Crippen molar-refractivity contribution in [1.29, 1.82) is 0 Å². The minimum Gasteiger partial charge on any atom is -0.504 e. The van der Waals surface area contributed by atoms with Gasteiger partial charge in [-0.05, 0) is 78.4 Å². The first kappa shape index (κ1) is 27.6. The number of nitrogens with zero attached hydrogens (tertiary/aromatic N) is 2. The largest absolute Gasteiger partial charge is 0.504 e. The summed E-state index contributed by atoms with van der Waals surface area (Å²) >= 11 is 0. The maximum Gasteiger partial charge on any atom is 0.338 e. The third-order valence-corrected chi connectivity index (χ3v) is 7.30. The van der Waals surface area contributed by atoms with Crippen LogP contribution in [0.2, 0.25) is 0 Å². The first-order chi connectivity index (χ1) is 19.8. The fourth-order valence-electron chi connectivity index (χ4n) is 5.24. The van der Waals surface area contributed by atoms with E-state index in [-0.39, 0.29) is 11.5 Å². The molecule has 2 aliphatic rings. The minimum atomic E-state index is -0.950. The zero-order chi connectivity index (χ0) is 29.1. The van der Waals surface area contributed by atoms with Crippen molar-refractivity contribution in [2.45, 2.75) is 25.3 Å². The molecule has 10 heteroatoms. The van der Waals surface area contributed by atoms with E-state index in [1.165, 1.54) is 5.01 Å². The summed E-state index contributed by atoms with van der Waals surface area (Å²) in [7, 11) is 3.20. The van der Waals surface area contributed by atoms with E-state index in [0.717, 1.165) is 59.6 Å². The van der Waals surface area contributed by atoms with Crippen LogP contribution in [0.3, 0.4) is 0 Å². The van der Waals surface area contributed by atoms with Crippen LogP contribution in [0.15, 0.2) is 71.3 Å². The van der Waals surface area contributed by atoms with Crippen molar-refractivity contribution in [3.8, 4) is 28.7 Å². The molecule has 1 amide bonds. The molecule has 0 radical (unpaired) electrons. The molecule has 1 fully saturated rings. The maximum absolute atomic E-state index is 13.5. The van der Waals surface area contributed by atoms with Gasteiger partial charge in [0.15, 0.2) is 23.9 Å². The van der Waals surface area contributed by atoms with E-state index in [1.807, 2.05) is 48.5 Å². The molecule has 0 bridgehead atoms. The molecule has 0 saturated heterocycles. The summed E-state index contributed by atoms with van der Waals surface area (Å²) in [5.41, 5.74) is 3.49. The van der Waals surface area contributed by atoms with E-state index in [2.05, 4.69) is 6.08 Å². The number of methoxy groups -OCH3 is 2. The Labute approximate surface area is 236 Å². The van der Waals surface area contributed by atoms with Crippen molar-refractivity contribution in [1.82, 2.24) is 5.01 Å². The third-order valence-electron chi connectivity index (χ3n) is 7.30. The highest BCUT2D eigenvalue weighted by atomic mass is 16.5. The molecular weight excluding hydrogens is 528 g/mol. The van der Waals surface area contributed by atoms with Gasteiger partial charge in [-0.3, -0.25) is 4.79 Å². The number of amides is 1. The Kier molecular flexibility index (Phi) is 7.82. The Balaban J connectivity index is 1.43. The van der Waals surface area contributed by atoms with Gasteiger partial charge in [-0.2, -0.15) is 5.10 Å². The quantitative estimate of drug-likeness (QED) is 0.278. The highest BCUT2D eigenvalue weighted by Gasteiger charge is 2.44.